The van der Waals surface area contributed by atoms with Gasteiger partial charge in [0.05, 0.1) is 18.3 Å². The van der Waals surface area contributed by atoms with Crippen molar-refractivity contribution >= 4 is 0 Å². The van der Waals surface area contributed by atoms with Gasteiger partial charge in [-0.15, -0.1) is 0 Å². The highest BCUT2D eigenvalue weighted by molar-refractivity contribution is 4.89. The highest BCUT2D eigenvalue weighted by Gasteiger charge is 2.39. The smallest absolute Gasteiger partial charge is 0.0814 e. The molecule has 0 aromatic rings. The Morgan fingerprint density at radius 2 is 2.15 bits per heavy atom. The molecule has 2 aliphatic rings. The maximum atomic E-state index is 8.99. The molecular formula is C10H18O3. The second kappa shape index (κ2) is 3.95. The third-order valence-corrected chi connectivity index (χ3v) is 3.17. The molecule has 2 heterocycles. The number of ether oxygens (including phenoxy) is 2. The van der Waals surface area contributed by atoms with Gasteiger partial charge in [0.1, 0.15) is 0 Å². The van der Waals surface area contributed by atoms with Gasteiger partial charge >= 0.3 is 0 Å². The highest BCUT2D eigenvalue weighted by Crippen LogP contribution is 2.38. The van der Waals surface area contributed by atoms with Crippen LogP contribution in [-0.4, -0.2) is 36.6 Å². The van der Waals surface area contributed by atoms with Crippen molar-refractivity contribution in [1.82, 2.24) is 0 Å². The van der Waals surface area contributed by atoms with Crippen molar-refractivity contribution in [2.24, 2.45) is 0 Å². The van der Waals surface area contributed by atoms with E-state index < -0.39 is 0 Å². The summed E-state index contributed by atoms with van der Waals surface area (Å²) in [6.07, 6.45) is 5.39. The summed E-state index contributed by atoms with van der Waals surface area (Å²) in [6, 6.07) is 0. The standard InChI is InChI=1S/C10H18O3/c11-8-9-2-4-10(13-9)3-1-6-12-7-5-10/h9,11H,1-8H2. The van der Waals surface area contributed by atoms with Crippen LogP contribution in [-0.2, 0) is 9.47 Å². The highest BCUT2D eigenvalue weighted by atomic mass is 16.5. The van der Waals surface area contributed by atoms with Crippen LogP contribution in [0.5, 0.6) is 0 Å². The van der Waals surface area contributed by atoms with E-state index in [1.165, 1.54) is 0 Å². The van der Waals surface area contributed by atoms with Crippen LogP contribution in [0, 0.1) is 0 Å². The largest absolute Gasteiger partial charge is 0.394 e. The van der Waals surface area contributed by atoms with Gasteiger partial charge in [0.15, 0.2) is 0 Å². The van der Waals surface area contributed by atoms with Crippen LogP contribution in [0.25, 0.3) is 0 Å². The van der Waals surface area contributed by atoms with Crippen LogP contribution in [0.4, 0.5) is 0 Å². The zero-order valence-electron chi connectivity index (χ0n) is 8.00. The molecule has 2 fully saturated rings. The molecule has 1 spiro atoms. The van der Waals surface area contributed by atoms with Gasteiger partial charge in [-0.1, -0.05) is 0 Å². The second-order valence-corrected chi connectivity index (χ2v) is 4.11. The summed E-state index contributed by atoms with van der Waals surface area (Å²) in [6.45, 7) is 1.86. The summed E-state index contributed by atoms with van der Waals surface area (Å²) in [5.74, 6) is 0. The van der Waals surface area contributed by atoms with Crippen LogP contribution in [0.15, 0.2) is 0 Å². The molecule has 0 radical (unpaired) electrons. The van der Waals surface area contributed by atoms with Crippen molar-refractivity contribution in [1.29, 1.82) is 0 Å². The minimum Gasteiger partial charge on any atom is -0.394 e. The van der Waals surface area contributed by atoms with Gasteiger partial charge in [-0.2, -0.15) is 0 Å². The van der Waals surface area contributed by atoms with Crippen LogP contribution >= 0.6 is 0 Å². The van der Waals surface area contributed by atoms with E-state index in [0.29, 0.717) is 0 Å². The molecule has 3 nitrogen and oxygen atoms in total. The van der Waals surface area contributed by atoms with Gasteiger partial charge in [0.2, 0.25) is 0 Å². The molecule has 3 heteroatoms. The summed E-state index contributed by atoms with van der Waals surface area (Å²) in [5.41, 5.74) is 0.0455. The molecule has 2 rings (SSSR count). The quantitative estimate of drug-likeness (QED) is 0.666. The van der Waals surface area contributed by atoms with Crippen LogP contribution < -0.4 is 0 Å². The predicted molar refractivity (Wildman–Crippen MR) is 48.6 cm³/mol. The minimum atomic E-state index is 0.0455. The lowest BCUT2D eigenvalue weighted by molar-refractivity contribution is -0.0685. The van der Waals surface area contributed by atoms with Crippen LogP contribution in [0.1, 0.15) is 32.1 Å². The first-order valence-corrected chi connectivity index (χ1v) is 5.21. The molecular weight excluding hydrogens is 168 g/mol. The molecule has 2 aliphatic heterocycles. The normalized spacial score (nSPS) is 40.8. The summed E-state index contributed by atoms with van der Waals surface area (Å²) in [4.78, 5) is 0. The topological polar surface area (TPSA) is 38.7 Å². The Hall–Kier alpha value is -0.120. The molecule has 0 saturated carbocycles. The molecule has 0 bridgehead atoms. The van der Waals surface area contributed by atoms with Gasteiger partial charge in [-0.3, -0.25) is 0 Å². The van der Waals surface area contributed by atoms with Crippen molar-refractivity contribution in [3.63, 3.8) is 0 Å². The van der Waals surface area contributed by atoms with Crippen molar-refractivity contribution in [2.75, 3.05) is 19.8 Å². The molecule has 0 aliphatic carbocycles. The van der Waals surface area contributed by atoms with Gasteiger partial charge in [-0.25, -0.2) is 0 Å². The van der Waals surface area contributed by atoms with Crippen molar-refractivity contribution in [3.8, 4) is 0 Å². The lowest BCUT2D eigenvalue weighted by Gasteiger charge is -2.27. The van der Waals surface area contributed by atoms with E-state index in [9.17, 15) is 0 Å². The third kappa shape index (κ3) is 2.03. The molecule has 0 amide bonds. The Morgan fingerprint density at radius 3 is 2.92 bits per heavy atom. The van der Waals surface area contributed by atoms with E-state index in [1.54, 1.807) is 0 Å². The zero-order chi connectivity index (χ0) is 9.15. The average molecular weight is 186 g/mol. The van der Waals surface area contributed by atoms with Crippen LogP contribution in [0.3, 0.4) is 0 Å². The van der Waals surface area contributed by atoms with E-state index in [0.717, 1.165) is 45.3 Å². The Morgan fingerprint density at radius 1 is 1.23 bits per heavy atom. The van der Waals surface area contributed by atoms with Crippen molar-refractivity contribution < 1.29 is 14.6 Å². The molecule has 0 aromatic carbocycles. The van der Waals surface area contributed by atoms with Crippen LogP contribution in [0.2, 0.25) is 0 Å². The average Bonchev–Trinajstić information content (AvgIpc) is 2.40. The van der Waals surface area contributed by atoms with E-state index in [4.69, 9.17) is 14.6 Å². The Balaban J connectivity index is 1.95. The van der Waals surface area contributed by atoms with E-state index in [1.807, 2.05) is 0 Å². The Kier molecular flexibility index (Phi) is 2.86. The molecule has 76 valence electrons. The van der Waals surface area contributed by atoms with Gasteiger partial charge in [0.25, 0.3) is 0 Å². The molecule has 0 aromatic heterocycles. The Bertz CT molecular complexity index is 162. The number of aliphatic hydroxyl groups is 1. The lowest BCUT2D eigenvalue weighted by atomic mass is 9.91. The fraction of sp³-hybridized carbons (Fsp3) is 1.00. The Labute approximate surface area is 79.0 Å². The van der Waals surface area contributed by atoms with Crippen molar-refractivity contribution in [3.05, 3.63) is 0 Å². The first-order valence-electron chi connectivity index (χ1n) is 5.21. The third-order valence-electron chi connectivity index (χ3n) is 3.17. The summed E-state index contributed by atoms with van der Waals surface area (Å²) >= 11 is 0. The number of aliphatic hydroxyl groups excluding tert-OH is 1. The molecule has 2 atom stereocenters. The first kappa shape index (κ1) is 9.44. The summed E-state index contributed by atoms with van der Waals surface area (Å²) in [5, 5.41) is 8.99. The predicted octanol–water partition coefficient (Wildman–Crippen LogP) is 1.10. The fourth-order valence-electron chi connectivity index (χ4n) is 2.37. The molecule has 2 unspecified atom stereocenters. The SMILES string of the molecule is OCC1CCC2(CCCOCC2)O1. The number of rotatable bonds is 1. The summed E-state index contributed by atoms with van der Waals surface area (Å²) < 4.78 is 11.3. The number of hydrogen-bond acceptors (Lipinski definition) is 3. The van der Waals surface area contributed by atoms with Crippen molar-refractivity contribution in [2.45, 2.75) is 43.8 Å². The lowest BCUT2D eigenvalue weighted by Crippen LogP contribution is -2.30. The molecule has 1 N–H and O–H groups in total. The molecule has 13 heavy (non-hydrogen) atoms. The zero-order valence-corrected chi connectivity index (χ0v) is 8.00. The van der Waals surface area contributed by atoms with E-state index in [-0.39, 0.29) is 18.3 Å². The monoisotopic (exact) mass is 186 g/mol. The maximum Gasteiger partial charge on any atom is 0.0814 e. The van der Waals surface area contributed by atoms with Gasteiger partial charge in [0, 0.05) is 13.2 Å². The number of hydrogen-bond donors (Lipinski definition) is 1. The summed E-state index contributed by atoms with van der Waals surface area (Å²) in [7, 11) is 0. The van der Waals surface area contributed by atoms with E-state index >= 15 is 0 Å². The van der Waals surface area contributed by atoms with E-state index in [2.05, 4.69) is 0 Å². The minimum absolute atomic E-state index is 0.0455. The first-order chi connectivity index (χ1) is 6.35. The fourth-order valence-corrected chi connectivity index (χ4v) is 2.37. The van der Waals surface area contributed by atoms with Gasteiger partial charge in [-0.05, 0) is 32.1 Å². The second-order valence-electron chi connectivity index (χ2n) is 4.11. The van der Waals surface area contributed by atoms with Gasteiger partial charge < -0.3 is 14.6 Å². The molecule has 2 saturated heterocycles. The maximum absolute atomic E-state index is 8.99.